The van der Waals surface area contributed by atoms with E-state index in [4.69, 9.17) is 0 Å². The van der Waals surface area contributed by atoms with E-state index in [0.717, 1.165) is 12.5 Å². The molecule has 0 bridgehead atoms. The van der Waals surface area contributed by atoms with Crippen molar-refractivity contribution in [2.75, 3.05) is 13.1 Å². The van der Waals surface area contributed by atoms with Crippen molar-refractivity contribution in [1.29, 1.82) is 0 Å². The summed E-state index contributed by atoms with van der Waals surface area (Å²) in [5.41, 5.74) is 0.672. The van der Waals surface area contributed by atoms with Crippen LogP contribution in [0.25, 0.3) is 0 Å². The van der Waals surface area contributed by atoms with Crippen LogP contribution in [0, 0.1) is 11.3 Å². The van der Waals surface area contributed by atoms with Crippen molar-refractivity contribution in [3.05, 3.63) is 0 Å². The molecule has 1 saturated heterocycles. The van der Waals surface area contributed by atoms with Crippen LogP contribution in [0.1, 0.15) is 74.7 Å². The lowest BCUT2D eigenvalue weighted by atomic mass is 9.79. The molecule has 0 radical (unpaired) electrons. The van der Waals surface area contributed by atoms with Gasteiger partial charge in [-0.25, -0.2) is 0 Å². The summed E-state index contributed by atoms with van der Waals surface area (Å²) < 4.78 is 0. The van der Waals surface area contributed by atoms with Gasteiger partial charge < -0.3 is 5.32 Å². The van der Waals surface area contributed by atoms with Crippen LogP contribution in [0.5, 0.6) is 0 Å². The topological polar surface area (TPSA) is 15.3 Å². The quantitative estimate of drug-likeness (QED) is 0.809. The van der Waals surface area contributed by atoms with Gasteiger partial charge in [-0.05, 0) is 38.0 Å². The molecule has 3 unspecified atom stereocenters. The molecule has 0 aliphatic carbocycles. The van der Waals surface area contributed by atoms with Crippen molar-refractivity contribution >= 4 is 0 Å². The van der Waals surface area contributed by atoms with E-state index >= 15 is 0 Å². The molecule has 1 aliphatic rings. The van der Waals surface area contributed by atoms with Crippen LogP contribution in [0.4, 0.5) is 0 Å². The Morgan fingerprint density at radius 3 is 2.20 bits per heavy atom. The van der Waals surface area contributed by atoms with Crippen LogP contribution < -0.4 is 5.32 Å². The van der Waals surface area contributed by atoms with Crippen LogP contribution in [-0.4, -0.2) is 35.6 Å². The maximum Gasteiger partial charge on any atom is 0.0224 e. The van der Waals surface area contributed by atoms with E-state index in [2.05, 4.69) is 65.6 Å². The Labute approximate surface area is 127 Å². The van der Waals surface area contributed by atoms with Crippen LogP contribution in [0.15, 0.2) is 0 Å². The Kier molecular flexibility index (Phi) is 6.10. The molecule has 0 aromatic heterocycles. The number of nitrogens with zero attached hydrogens (tertiary/aromatic N) is 1. The Hall–Kier alpha value is -0.0800. The minimum Gasteiger partial charge on any atom is -0.311 e. The van der Waals surface area contributed by atoms with Gasteiger partial charge in [0.1, 0.15) is 0 Å². The molecular formula is C18H38N2. The normalized spacial score (nSPS) is 27.6. The van der Waals surface area contributed by atoms with Gasteiger partial charge in [-0.1, -0.05) is 48.0 Å². The number of hydrogen-bond acceptors (Lipinski definition) is 2. The van der Waals surface area contributed by atoms with Gasteiger partial charge in [0.15, 0.2) is 0 Å². The molecule has 120 valence electrons. The molecule has 0 aromatic carbocycles. The Morgan fingerprint density at radius 1 is 1.15 bits per heavy atom. The number of hydrogen-bond donors (Lipinski definition) is 1. The monoisotopic (exact) mass is 282 g/mol. The molecule has 3 atom stereocenters. The zero-order chi connectivity index (χ0) is 15.6. The second-order valence-electron chi connectivity index (χ2n) is 8.66. The molecule has 20 heavy (non-hydrogen) atoms. The average Bonchev–Trinajstić information content (AvgIpc) is 2.34. The first-order chi connectivity index (χ1) is 9.10. The highest BCUT2D eigenvalue weighted by atomic mass is 15.3. The molecule has 1 heterocycles. The molecule has 1 rings (SSSR count). The average molecular weight is 283 g/mol. The summed E-state index contributed by atoms with van der Waals surface area (Å²) in [6.07, 6.45) is 3.76. The first-order valence-electron chi connectivity index (χ1n) is 8.61. The minimum atomic E-state index is 0.284. The van der Waals surface area contributed by atoms with Crippen LogP contribution in [0.2, 0.25) is 0 Å². The SMILES string of the molecule is CCC(C)C1CN(C(C)(C)CC(C)(C)C)C(CC)CN1. The molecule has 0 spiro atoms. The summed E-state index contributed by atoms with van der Waals surface area (Å²) in [4.78, 5) is 2.80. The second-order valence-corrected chi connectivity index (χ2v) is 8.66. The Bertz CT molecular complexity index is 290. The third-order valence-electron chi connectivity index (χ3n) is 4.99. The Balaban J connectivity index is 2.85. The summed E-state index contributed by atoms with van der Waals surface area (Å²) in [5.74, 6) is 0.765. The predicted octanol–water partition coefficient (Wildman–Crippen LogP) is 4.30. The summed E-state index contributed by atoms with van der Waals surface area (Å²) >= 11 is 0. The van der Waals surface area contributed by atoms with Gasteiger partial charge >= 0.3 is 0 Å². The highest BCUT2D eigenvalue weighted by Crippen LogP contribution is 2.34. The lowest BCUT2D eigenvalue weighted by Crippen LogP contribution is -2.64. The molecule has 2 heteroatoms. The van der Waals surface area contributed by atoms with E-state index in [1.807, 2.05) is 0 Å². The molecule has 0 amide bonds. The third-order valence-corrected chi connectivity index (χ3v) is 4.99. The summed E-state index contributed by atoms with van der Waals surface area (Å²) in [6, 6.07) is 1.34. The van der Waals surface area contributed by atoms with E-state index in [1.54, 1.807) is 0 Å². The van der Waals surface area contributed by atoms with Crippen molar-refractivity contribution in [2.45, 2.75) is 92.3 Å². The number of rotatable bonds is 5. The highest BCUT2D eigenvalue weighted by molar-refractivity contribution is 4.96. The fourth-order valence-corrected chi connectivity index (χ4v) is 3.99. The van der Waals surface area contributed by atoms with E-state index in [0.29, 0.717) is 17.5 Å². The lowest BCUT2D eigenvalue weighted by molar-refractivity contribution is -0.00274. The summed E-state index contributed by atoms with van der Waals surface area (Å²) in [5, 5.41) is 3.79. The predicted molar refractivity (Wildman–Crippen MR) is 90.2 cm³/mol. The molecule has 1 aliphatic heterocycles. The first kappa shape index (κ1) is 18.0. The zero-order valence-corrected chi connectivity index (χ0v) is 15.2. The molecular weight excluding hydrogens is 244 g/mol. The fraction of sp³-hybridized carbons (Fsp3) is 1.00. The highest BCUT2D eigenvalue weighted by Gasteiger charge is 2.39. The van der Waals surface area contributed by atoms with Crippen molar-refractivity contribution in [2.24, 2.45) is 11.3 Å². The van der Waals surface area contributed by atoms with Crippen LogP contribution in [0.3, 0.4) is 0 Å². The smallest absolute Gasteiger partial charge is 0.0224 e. The summed E-state index contributed by atoms with van der Waals surface area (Å²) in [6.45, 7) is 21.4. The lowest BCUT2D eigenvalue weighted by Gasteiger charge is -2.51. The fourth-order valence-electron chi connectivity index (χ4n) is 3.99. The van der Waals surface area contributed by atoms with E-state index in [9.17, 15) is 0 Å². The number of piperazine rings is 1. The van der Waals surface area contributed by atoms with Gasteiger partial charge in [-0.2, -0.15) is 0 Å². The van der Waals surface area contributed by atoms with Gasteiger partial charge in [0, 0.05) is 30.7 Å². The molecule has 0 aromatic rings. The van der Waals surface area contributed by atoms with Gasteiger partial charge in [0.2, 0.25) is 0 Å². The van der Waals surface area contributed by atoms with Gasteiger partial charge in [-0.15, -0.1) is 0 Å². The standard InChI is InChI=1S/C18H38N2/c1-9-14(3)16-12-20(15(10-2)11-19-16)18(7,8)13-17(4,5)6/h14-16,19H,9-13H2,1-8H3. The number of nitrogens with one attached hydrogen (secondary N) is 1. The molecule has 0 saturated carbocycles. The summed E-state index contributed by atoms with van der Waals surface area (Å²) in [7, 11) is 0. The zero-order valence-electron chi connectivity index (χ0n) is 15.2. The maximum atomic E-state index is 3.79. The molecule has 2 nitrogen and oxygen atoms in total. The van der Waals surface area contributed by atoms with Crippen molar-refractivity contribution < 1.29 is 0 Å². The molecule has 1 fully saturated rings. The third kappa shape index (κ3) is 4.73. The van der Waals surface area contributed by atoms with E-state index < -0.39 is 0 Å². The molecule has 1 N–H and O–H groups in total. The largest absolute Gasteiger partial charge is 0.311 e. The van der Waals surface area contributed by atoms with Crippen molar-refractivity contribution in [1.82, 2.24) is 10.2 Å². The first-order valence-corrected chi connectivity index (χ1v) is 8.61. The van der Waals surface area contributed by atoms with Crippen molar-refractivity contribution in [3.63, 3.8) is 0 Å². The van der Waals surface area contributed by atoms with Crippen LogP contribution in [-0.2, 0) is 0 Å². The Morgan fingerprint density at radius 2 is 1.75 bits per heavy atom. The van der Waals surface area contributed by atoms with E-state index in [-0.39, 0.29) is 5.54 Å². The van der Waals surface area contributed by atoms with Crippen molar-refractivity contribution in [3.8, 4) is 0 Å². The van der Waals surface area contributed by atoms with Gasteiger partial charge in [0.05, 0.1) is 0 Å². The second kappa shape index (κ2) is 6.79. The van der Waals surface area contributed by atoms with Gasteiger partial charge in [-0.3, -0.25) is 4.90 Å². The van der Waals surface area contributed by atoms with Crippen LogP contribution >= 0.6 is 0 Å². The van der Waals surface area contributed by atoms with Gasteiger partial charge in [0.25, 0.3) is 0 Å². The van der Waals surface area contributed by atoms with E-state index in [1.165, 1.54) is 25.8 Å². The minimum absolute atomic E-state index is 0.284. The maximum absolute atomic E-state index is 3.79.